The number of nitrogen functional groups attached to an aromatic ring is 1. The average Bonchev–Trinajstić information content (AvgIpc) is 2.45. The van der Waals surface area contributed by atoms with Crippen molar-refractivity contribution < 1.29 is 14.7 Å². The molecule has 1 aliphatic rings. The number of hydrogen-bond donors (Lipinski definition) is 2. The number of fused-ring (bicyclic) bond motifs is 3. The van der Waals surface area contributed by atoms with Crippen LogP contribution in [0.15, 0.2) is 18.3 Å². The molecule has 0 saturated heterocycles. The van der Waals surface area contributed by atoms with E-state index in [0.717, 1.165) is 24.0 Å². The normalized spacial score (nSPS) is 12.4. The van der Waals surface area contributed by atoms with Crippen molar-refractivity contribution >= 4 is 18.2 Å². The summed E-state index contributed by atoms with van der Waals surface area (Å²) >= 11 is 0. The largest absolute Gasteiger partial charge is 0.478 e. The Morgan fingerprint density at radius 1 is 1.30 bits per heavy atom. The summed E-state index contributed by atoms with van der Waals surface area (Å²) < 4.78 is 0. The molecule has 2 aromatic rings. The molecule has 0 atom stereocenters. The lowest BCUT2D eigenvalue weighted by Gasteiger charge is -2.21. The third-order valence-corrected chi connectivity index (χ3v) is 3.46. The van der Waals surface area contributed by atoms with Crippen LogP contribution in [0.4, 0.5) is 5.95 Å². The van der Waals surface area contributed by atoms with E-state index in [0.29, 0.717) is 17.5 Å². The van der Waals surface area contributed by atoms with Crippen molar-refractivity contribution in [1.82, 2.24) is 9.97 Å². The van der Waals surface area contributed by atoms with Gasteiger partial charge in [-0.05, 0) is 30.0 Å². The molecule has 20 heavy (non-hydrogen) atoms. The highest BCUT2D eigenvalue weighted by Crippen LogP contribution is 2.35. The van der Waals surface area contributed by atoms with Gasteiger partial charge in [0.2, 0.25) is 5.95 Å². The summed E-state index contributed by atoms with van der Waals surface area (Å²) in [5.74, 6) is -1.03. The van der Waals surface area contributed by atoms with Crippen molar-refractivity contribution in [2.24, 2.45) is 0 Å². The lowest BCUT2D eigenvalue weighted by Crippen LogP contribution is -2.13. The van der Waals surface area contributed by atoms with Gasteiger partial charge >= 0.3 is 5.97 Å². The number of anilines is 1. The molecule has 1 heterocycles. The van der Waals surface area contributed by atoms with Crippen molar-refractivity contribution in [3.05, 3.63) is 40.6 Å². The number of carboxylic acids is 1. The number of aldehydes is 1. The molecule has 0 unspecified atom stereocenters. The summed E-state index contributed by atoms with van der Waals surface area (Å²) in [6, 6.07) is 3.19. The molecule has 0 radical (unpaired) electrons. The fraction of sp³-hybridized carbons (Fsp3) is 0.143. The molecule has 3 rings (SSSR count). The highest BCUT2D eigenvalue weighted by molar-refractivity contribution is 6.03. The molecule has 6 heteroatoms. The number of aryl methyl sites for hydroxylation is 2. The number of hydrogen-bond acceptors (Lipinski definition) is 5. The van der Waals surface area contributed by atoms with Crippen LogP contribution < -0.4 is 5.73 Å². The van der Waals surface area contributed by atoms with Crippen molar-refractivity contribution in [2.75, 3.05) is 5.73 Å². The molecule has 0 bridgehead atoms. The third-order valence-electron chi connectivity index (χ3n) is 3.46. The molecule has 1 aromatic heterocycles. The summed E-state index contributed by atoms with van der Waals surface area (Å²) in [5, 5.41) is 9.18. The number of carboxylic acid groups (broad SMARTS) is 1. The molecule has 0 fully saturated rings. The predicted octanol–water partition coefficient (Wildman–Crippen LogP) is 1.34. The monoisotopic (exact) mass is 269 g/mol. The Morgan fingerprint density at radius 3 is 2.75 bits per heavy atom. The third kappa shape index (κ3) is 1.73. The first-order chi connectivity index (χ1) is 9.61. The first kappa shape index (κ1) is 12.3. The van der Waals surface area contributed by atoms with Crippen LogP contribution in [0.1, 0.15) is 31.8 Å². The number of benzene rings is 1. The maximum atomic E-state index is 11.4. The van der Waals surface area contributed by atoms with Gasteiger partial charge in [0.1, 0.15) is 0 Å². The van der Waals surface area contributed by atoms with Gasteiger partial charge in [-0.3, -0.25) is 4.79 Å². The van der Waals surface area contributed by atoms with Gasteiger partial charge in [-0.25, -0.2) is 14.8 Å². The highest BCUT2D eigenvalue weighted by Gasteiger charge is 2.24. The van der Waals surface area contributed by atoms with Gasteiger partial charge in [-0.2, -0.15) is 0 Å². The van der Waals surface area contributed by atoms with E-state index in [4.69, 9.17) is 5.73 Å². The van der Waals surface area contributed by atoms with Crippen molar-refractivity contribution in [3.63, 3.8) is 0 Å². The van der Waals surface area contributed by atoms with Crippen LogP contribution in [0.25, 0.3) is 11.3 Å². The van der Waals surface area contributed by atoms with Gasteiger partial charge in [0.25, 0.3) is 0 Å². The zero-order valence-corrected chi connectivity index (χ0v) is 10.5. The van der Waals surface area contributed by atoms with Gasteiger partial charge in [0.05, 0.1) is 11.3 Å². The van der Waals surface area contributed by atoms with Crippen molar-refractivity contribution in [3.8, 4) is 11.3 Å². The summed E-state index contributed by atoms with van der Waals surface area (Å²) in [5.41, 5.74) is 8.63. The number of rotatable bonds is 2. The Morgan fingerprint density at radius 2 is 2.05 bits per heavy atom. The highest BCUT2D eigenvalue weighted by atomic mass is 16.4. The number of nitrogens with zero attached hydrogens (tertiary/aromatic N) is 2. The number of carbonyl (C=O) groups excluding carboxylic acids is 1. The summed E-state index contributed by atoms with van der Waals surface area (Å²) in [7, 11) is 0. The summed E-state index contributed by atoms with van der Waals surface area (Å²) in [6.07, 6.45) is 3.65. The second-order valence-electron chi connectivity index (χ2n) is 4.59. The minimum atomic E-state index is -1.14. The second kappa shape index (κ2) is 4.41. The molecule has 0 amide bonds. The van der Waals surface area contributed by atoms with E-state index in [9.17, 15) is 14.7 Å². The summed E-state index contributed by atoms with van der Waals surface area (Å²) in [6.45, 7) is 0. The van der Waals surface area contributed by atoms with E-state index < -0.39 is 5.97 Å². The van der Waals surface area contributed by atoms with E-state index >= 15 is 0 Å². The maximum absolute atomic E-state index is 11.4. The smallest absolute Gasteiger partial charge is 0.336 e. The second-order valence-corrected chi connectivity index (χ2v) is 4.59. The van der Waals surface area contributed by atoms with E-state index in [1.54, 1.807) is 12.3 Å². The molecule has 0 spiro atoms. The van der Waals surface area contributed by atoms with Crippen molar-refractivity contribution in [2.45, 2.75) is 12.8 Å². The molecule has 100 valence electrons. The van der Waals surface area contributed by atoms with E-state index in [1.807, 2.05) is 0 Å². The van der Waals surface area contributed by atoms with Gasteiger partial charge < -0.3 is 10.8 Å². The van der Waals surface area contributed by atoms with Crippen LogP contribution in [-0.4, -0.2) is 27.3 Å². The predicted molar refractivity (Wildman–Crippen MR) is 71.6 cm³/mol. The van der Waals surface area contributed by atoms with Crippen molar-refractivity contribution in [1.29, 1.82) is 0 Å². The molecule has 1 aromatic carbocycles. The van der Waals surface area contributed by atoms with Gasteiger partial charge in [-0.15, -0.1) is 0 Å². The number of carbonyl (C=O) groups is 2. The Labute approximate surface area is 114 Å². The molecular weight excluding hydrogens is 258 g/mol. The standard InChI is InChI=1S/C14H11N3O3/c15-14-16-5-8-2-1-7-3-4-9(13(19)20)10(6-18)11(7)12(8)17-14/h3-6H,1-2H2,(H,19,20)(H2,15,16,17). The van der Waals surface area contributed by atoms with Crippen LogP contribution in [-0.2, 0) is 12.8 Å². The molecular formula is C14H11N3O3. The Kier molecular flexibility index (Phi) is 2.71. The SMILES string of the molecule is Nc1ncc2c(n1)-c1c(ccc(C(=O)O)c1C=O)CC2. The summed E-state index contributed by atoms with van der Waals surface area (Å²) in [4.78, 5) is 30.7. The number of aromatic nitrogens is 2. The topological polar surface area (TPSA) is 106 Å². The van der Waals surface area contributed by atoms with Gasteiger partial charge in [-0.1, -0.05) is 6.07 Å². The fourth-order valence-electron chi connectivity index (χ4n) is 2.55. The van der Waals surface area contributed by atoms with Crippen LogP contribution in [0.3, 0.4) is 0 Å². The zero-order valence-electron chi connectivity index (χ0n) is 10.5. The van der Waals surface area contributed by atoms with Gasteiger partial charge in [0, 0.05) is 17.3 Å². The maximum Gasteiger partial charge on any atom is 0.336 e. The lowest BCUT2D eigenvalue weighted by atomic mass is 9.85. The Balaban J connectivity index is 2.37. The number of aromatic carboxylic acids is 1. The molecule has 0 aliphatic heterocycles. The Hall–Kier alpha value is -2.76. The lowest BCUT2D eigenvalue weighted by molar-refractivity contribution is 0.0694. The van der Waals surface area contributed by atoms with Gasteiger partial charge in [0.15, 0.2) is 6.29 Å². The first-order valence-electron chi connectivity index (χ1n) is 6.08. The molecule has 6 nitrogen and oxygen atoms in total. The van der Waals surface area contributed by atoms with Crippen LogP contribution >= 0.6 is 0 Å². The van der Waals surface area contributed by atoms with E-state index in [-0.39, 0.29) is 17.1 Å². The molecule has 3 N–H and O–H groups in total. The van der Waals surface area contributed by atoms with E-state index in [1.165, 1.54) is 6.07 Å². The first-order valence-corrected chi connectivity index (χ1v) is 6.08. The quantitative estimate of drug-likeness (QED) is 0.797. The van der Waals surface area contributed by atoms with Crippen LogP contribution in [0.5, 0.6) is 0 Å². The van der Waals surface area contributed by atoms with Crippen LogP contribution in [0, 0.1) is 0 Å². The minimum Gasteiger partial charge on any atom is -0.478 e. The van der Waals surface area contributed by atoms with Crippen LogP contribution in [0.2, 0.25) is 0 Å². The average molecular weight is 269 g/mol. The Bertz CT molecular complexity index is 741. The molecule has 1 aliphatic carbocycles. The molecule has 0 saturated carbocycles. The zero-order chi connectivity index (χ0) is 14.3. The number of nitrogens with two attached hydrogens (primary N) is 1. The van der Waals surface area contributed by atoms with E-state index in [2.05, 4.69) is 9.97 Å². The fourth-order valence-corrected chi connectivity index (χ4v) is 2.55. The minimum absolute atomic E-state index is 0.0243.